The zero-order valence-corrected chi connectivity index (χ0v) is 15.4. The largest absolute Gasteiger partial charge is 0.339 e. The molecule has 1 amide bonds. The van der Waals surface area contributed by atoms with Crippen molar-refractivity contribution < 1.29 is 9.32 Å². The lowest BCUT2D eigenvalue weighted by atomic mass is 9.98. The fraction of sp³-hybridized carbons (Fsp3) is 0.143. The molecule has 3 aromatic heterocycles. The predicted octanol–water partition coefficient (Wildman–Crippen LogP) is 2.46. The van der Waals surface area contributed by atoms with E-state index >= 15 is 0 Å². The van der Waals surface area contributed by atoms with Crippen molar-refractivity contribution in [3.63, 3.8) is 0 Å². The zero-order valence-electron chi connectivity index (χ0n) is 15.4. The van der Waals surface area contributed by atoms with Gasteiger partial charge in [0.15, 0.2) is 0 Å². The number of aromatic amines is 1. The van der Waals surface area contributed by atoms with Crippen LogP contribution in [0.2, 0.25) is 0 Å². The molecule has 1 aliphatic heterocycles. The van der Waals surface area contributed by atoms with Crippen LogP contribution in [0.5, 0.6) is 0 Å². The molecule has 0 saturated carbocycles. The Morgan fingerprint density at radius 3 is 2.55 bits per heavy atom. The summed E-state index contributed by atoms with van der Waals surface area (Å²) in [7, 11) is 0. The molecule has 1 aromatic carbocycles. The van der Waals surface area contributed by atoms with E-state index in [2.05, 4.69) is 15.1 Å². The SMILES string of the molecule is O=C(c1ccc(-n2cccc2)cc1)N1CC(c2nc(-c3ccc[nH]c3=O)no2)C1. The molecule has 1 fully saturated rings. The van der Waals surface area contributed by atoms with Gasteiger partial charge in [-0.1, -0.05) is 5.16 Å². The molecule has 0 unspecified atom stereocenters. The summed E-state index contributed by atoms with van der Waals surface area (Å²) in [6, 6.07) is 14.8. The number of hydrogen-bond acceptors (Lipinski definition) is 5. The van der Waals surface area contributed by atoms with Crippen LogP contribution in [0.15, 0.2) is 76.4 Å². The second-order valence-electron chi connectivity index (χ2n) is 6.91. The van der Waals surface area contributed by atoms with Crippen molar-refractivity contribution in [1.29, 1.82) is 0 Å². The van der Waals surface area contributed by atoms with Crippen LogP contribution >= 0.6 is 0 Å². The molecule has 0 spiro atoms. The monoisotopic (exact) mass is 387 g/mol. The van der Waals surface area contributed by atoms with E-state index < -0.39 is 0 Å². The predicted molar refractivity (Wildman–Crippen MR) is 105 cm³/mol. The molecular weight excluding hydrogens is 370 g/mol. The van der Waals surface area contributed by atoms with Crippen LogP contribution in [0, 0.1) is 0 Å². The second-order valence-corrected chi connectivity index (χ2v) is 6.91. The summed E-state index contributed by atoms with van der Waals surface area (Å²) in [5, 5.41) is 3.90. The Bertz CT molecular complexity index is 1200. The van der Waals surface area contributed by atoms with Gasteiger partial charge in [-0.3, -0.25) is 9.59 Å². The van der Waals surface area contributed by atoms with E-state index in [0.29, 0.717) is 30.1 Å². The minimum Gasteiger partial charge on any atom is -0.339 e. The van der Waals surface area contributed by atoms with Gasteiger partial charge in [-0.25, -0.2) is 0 Å². The summed E-state index contributed by atoms with van der Waals surface area (Å²) in [5.74, 6) is 0.643. The van der Waals surface area contributed by atoms with Gasteiger partial charge in [0.25, 0.3) is 11.5 Å². The molecule has 5 rings (SSSR count). The highest BCUT2D eigenvalue weighted by atomic mass is 16.5. The number of H-pyrrole nitrogens is 1. The maximum atomic E-state index is 12.7. The van der Waals surface area contributed by atoms with Crippen LogP contribution in [0.25, 0.3) is 17.1 Å². The average Bonchev–Trinajstić information content (AvgIpc) is 3.40. The Morgan fingerprint density at radius 2 is 1.83 bits per heavy atom. The lowest BCUT2D eigenvalue weighted by molar-refractivity contribution is 0.0569. The van der Waals surface area contributed by atoms with Gasteiger partial charge in [-0.05, 0) is 48.5 Å². The number of pyridine rings is 1. The van der Waals surface area contributed by atoms with Crippen molar-refractivity contribution in [2.24, 2.45) is 0 Å². The van der Waals surface area contributed by atoms with Gasteiger partial charge in [0.1, 0.15) is 0 Å². The lowest BCUT2D eigenvalue weighted by Gasteiger charge is -2.37. The van der Waals surface area contributed by atoms with Crippen LogP contribution < -0.4 is 5.56 Å². The molecule has 8 heteroatoms. The quantitative estimate of drug-likeness (QED) is 0.580. The maximum Gasteiger partial charge on any atom is 0.259 e. The first-order valence-corrected chi connectivity index (χ1v) is 9.23. The highest BCUT2D eigenvalue weighted by molar-refractivity contribution is 5.95. The molecular formula is C21H17N5O3. The molecule has 4 aromatic rings. The van der Waals surface area contributed by atoms with Crippen LogP contribution in [0.3, 0.4) is 0 Å². The van der Waals surface area contributed by atoms with Gasteiger partial charge in [0.05, 0.1) is 11.5 Å². The van der Waals surface area contributed by atoms with Crippen molar-refractivity contribution in [3.8, 4) is 17.1 Å². The zero-order chi connectivity index (χ0) is 19.8. The number of carbonyl (C=O) groups excluding carboxylic acids is 1. The number of amides is 1. The molecule has 4 heterocycles. The summed E-state index contributed by atoms with van der Waals surface area (Å²) < 4.78 is 7.30. The van der Waals surface area contributed by atoms with E-state index in [1.54, 1.807) is 23.2 Å². The van der Waals surface area contributed by atoms with Gasteiger partial charge in [0.2, 0.25) is 11.7 Å². The molecule has 0 bridgehead atoms. The lowest BCUT2D eigenvalue weighted by Crippen LogP contribution is -2.48. The smallest absolute Gasteiger partial charge is 0.259 e. The van der Waals surface area contributed by atoms with E-state index in [1.165, 1.54) is 0 Å². The maximum absolute atomic E-state index is 12.7. The van der Waals surface area contributed by atoms with Gasteiger partial charge < -0.3 is 19.0 Å². The Balaban J connectivity index is 1.25. The first-order chi connectivity index (χ1) is 14.2. The number of nitrogens with one attached hydrogen (secondary N) is 1. The minimum absolute atomic E-state index is 0.0258. The number of carbonyl (C=O) groups is 1. The summed E-state index contributed by atoms with van der Waals surface area (Å²) in [6.07, 6.45) is 5.46. The van der Waals surface area contributed by atoms with Crippen LogP contribution in [-0.4, -0.2) is 43.6 Å². The third kappa shape index (κ3) is 3.14. The Kier molecular flexibility index (Phi) is 4.09. The van der Waals surface area contributed by atoms with Crippen molar-refractivity contribution in [3.05, 3.63) is 88.9 Å². The highest BCUT2D eigenvalue weighted by Gasteiger charge is 2.36. The van der Waals surface area contributed by atoms with Crippen molar-refractivity contribution >= 4 is 5.91 Å². The van der Waals surface area contributed by atoms with Gasteiger partial charge in [-0.15, -0.1) is 0 Å². The summed E-state index contributed by atoms with van der Waals surface area (Å²) >= 11 is 0. The van der Waals surface area contributed by atoms with E-state index in [-0.39, 0.29) is 23.2 Å². The number of rotatable bonds is 4. The minimum atomic E-state index is -0.270. The molecule has 0 atom stereocenters. The summed E-state index contributed by atoms with van der Waals surface area (Å²) in [6.45, 7) is 1.01. The average molecular weight is 387 g/mol. The van der Waals surface area contributed by atoms with Gasteiger partial charge in [0, 0.05) is 42.9 Å². The van der Waals surface area contributed by atoms with Crippen molar-refractivity contribution in [2.45, 2.75) is 5.92 Å². The molecule has 1 N–H and O–H groups in total. The molecule has 1 aliphatic rings. The molecule has 144 valence electrons. The Labute approximate surface area is 165 Å². The van der Waals surface area contributed by atoms with E-state index in [1.807, 2.05) is 53.4 Å². The van der Waals surface area contributed by atoms with Crippen LogP contribution in [0.4, 0.5) is 0 Å². The normalized spacial score (nSPS) is 14.0. The Morgan fingerprint density at radius 1 is 1.07 bits per heavy atom. The van der Waals surface area contributed by atoms with E-state index in [0.717, 1.165) is 5.69 Å². The summed E-state index contributed by atoms with van der Waals surface area (Å²) in [5.41, 5.74) is 1.73. The van der Waals surface area contributed by atoms with E-state index in [9.17, 15) is 9.59 Å². The number of benzene rings is 1. The first-order valence-electron chi connectivity index (χ1n) is 9.23. The number of aromatic nitrogens is 4. The number of hydrogen-bond donors (Lipinski definition) is 1. The standard InChI is InChI=1S/C21H17N5O3/c27-19-17(4-3-9-22-19)18-23-20(29-24-18)15-12-26(13-15)21(28)14-5-7-16(8-6-14)25-10-1-2-11-25/h1-11,15H,12-13H2,(H,22,27). The summed E-state index contributed by atoms with van der Waals surface area (Å²) in [4.78, 5) is 33.2. The van der Waals surface area contributed by atoms with Gasteiger partial charge >= 0.3 is 0 Å². The van der Waals surface area contributed by atoms with Crippen LogP contribution in [0.1, 0.15) is 22.2 Å². The van der Waals surface area contributed by atoms with Crippen molar-refractivity contribution in [2.75, 3.05) is 13.1 Å². The second kappa shape index (κ2) is 6.90. The number of nitrogens with zero attached hydrogens (tertiary/aromatic N) is 4. The first kappa shape index (κ1) is 17.2. The molecule has 0 aliphatic carbocycles. The molecule has 1 saturated heterocycles. The van der Waals surface area contributed by atoms with Crippen molar-refractivity contribution in [1.82, 2.24) is 24.6 Å². The number of likely N-dealkylation sites (tertiary alicyclic amines) is 1. The molecule has 0 radical (unpaired) electrons. The fourth-order valence-electron chi connectivity index (χ4n) is 3.37. The fourth-order valence-corrected chi connectivity index (χ4v) is 3.37. The molecule has 8 nitrogen and oxygen atoms in total. The third-order valence-corrected chi connectivity index (χ3v) is 5.04. The van der Waals surface area contributed by atoms with Gasteiger partial charge in [-0.2, -0.15) is 4.98 Å². The highest BCUT2D eigenvalue weighted by Crippen LogP contribution is 2.28. The topological polar surface area (TPSA) is 97.0 Å². The third-order valence-electron chi connectivity index (χ3n) is 5.04. The molecule has 29 heavy (non-hydrogen) atoms. The van der Waals surface area contributed by atoms with E-state index in [4.69, 9.17) is 4.52 Å². The Hall–Kier alpha value is -3.94. The van der Waals surface area contributed by atoms with Crippen LogP contribution in [-0.2, 0) is 0 Å².